The van der Waals surface area contributed by atoms with E-state index in [1.54, 1.807) is 0 Å². The fraction of sp³-hybridized carbons (Fsp3) is 0. The Morgan fingerprint density at radius 3 is 1.93 bits per heavy atom. The maximum atomic E-state index is 10.3. The predicted molar refractivity (Wildman–Crippen MR) is 40.1 cm³/mol. The van der Waals surface area contributed by atoms with Crippen LogP contribution in [0.4, 0.5) is 0 Å². The fourth-order valence-electron chi connectivity index (χ4n) is 0.808. The van der Waals surface area contributed by atoms with Crippen LogP contribution in [0.15, 0.2) is 18.2 Å². The van der Waals surface area contributed by atoms with Crippen molar-refractivity contribution in [1.82, 2.24) is 0 Å². The molecule has 0 radical (unpaired) electrons. The van der Waals surface area contributed by atoms with Crippen LogP contribution < -0.4 is 113 Å². The number of aromatic carboxylic acids is 2. The van der Waals surface area contributed by atoms with E-state index >= 15 is 0 Å². The van der Waals surface area contributed by atoms with Crippen molar-refractivity contribution in [3.63, 3.8) is 0 Å². The van der Waals surface area contributed by atoms with Crippen molar-refractivity contribution in [3.8, 4) is 0 Å². The maximum absolute atomic E-state index is 10.3. The van der Waals surface area contributed by atoms with Crippen molar-refractivity contribution in [1.29, 1.82) is 0 Å². The quantitative estimate of drug-likeness (QED) is 0.503. The van der Waals surface area contributed by atoms with Crippen LogP contribution >= 0.6 is 11.6 Å². The molecule has 0 aliphatic rings. The summed E-state index contributed by atoms with van der Waals surface area (Å²) in [7, 11) is 0. The van der Waals surface area contributed by atoms with Gasteiger partial charge in [-0.15, -0.1) is 0 Å². The number of carboxylic acids is 2. The van der Waals surface area contributed by atoms with E-state index in [2.05, 4.69) is 0 Å². The van der Waals surface area contributed by atoms with E-state index in [0.717, 1.165) is 18.2 Å². The van der Waals surface area contributed by atoms with Crippen molar-refractivity contribution >= 4 is 23.5 Å². The van der Waals surface area contributed by atoms with E-state index in [1.807, 2.05) is 0 Å². The Kier molecular flexibility index (Phi) is 11.1. The largest absolute Gasteiger partial charge is 1.00 e. The summed E-state index contributed by atoms with van der Waals surface area (Å²) >= 11 is 5.46. The van der Waals surface area contributed by atoms with Gasteiger partial charge in [0.1, 0.15) is 0 Å². The maximum Gasteiger partial charge on any atom is 1.00 e. The average Bonchev–Trinajstić information content (AvgIpc) is 2.03. The Bertz CT molecular complexity index is 381. The van der Waals surface area contributed by atoms with Gasteiger partial charge in [0.2, 0.25) is 0 Å². The van der Waals surface area contributed by atoms with Crippen LogP contribution in [0.1, 0.15) is 20.7 Å². The van der Waals surface area contributed by atoms with E-state index in [-0.39, 0.29) is 119 Å². The summed E-state index contributed by atoms with van der Waals surface area (Å²) in [6, 6.07) is 3.15. The molecule has 0 unspecified atom stereocenters. The topological polar surface area (TPSA) is 80.3 Å². The molecule has 0 atom stereocenters. The van der Waals surface area contributed by atoms with E-state index < -0.39 is 11.9 Å². The number of hydrogen-bond acceptors (Lipinski definition) is 4. The second-order valence-corrected chi connectivity index (χ2v) is 2.68. The molecule has 4 nitrogen and oxygen atoms in total. The van der Waals surface area contributed by atoms with Crippen LogP contribution in [-0.4, -0.2) is 11.9 Å². The molecular formula is C8H3ClK2O4. The smallest absolute Gasteiger partial charge is 0.545 e. The van der Waals surface area contributed by atoms with Crippen LogP contribution in [0.2, 0.25) is 5.02 Å². The first kappa shape index (κ1) is 19.1. The molecular weight excluding hydrogens is 274 g/mol. The first-order valence-corrected chi connectivity index (χ1v) is 3.62. The molecule has 0 spiro atoms. The molecule has 0 aliphatic heterocycles. The number of halogens is 1. The molecule has 0 bridgehead atoms. The number of hydrogen-bond donors (Lipinski definition) is 0. The van der Waals surface area contributed by atoms with Gasteiger partial charge in [-0.2, -0.15) is 0 Å². The third-order valence-electron chi connectivity index (χ3n) is 1.42. The number of benzene rings is 1. The van der Waals surface area contributed by atoms with Gasteiger partial charge >= 0.3 is 103 Å². The summed E-state index contributed by atoms with van der Waals surface area (Å²) in [5.74, 6) is -2.86. The van der Waals surface area contributed by atoms with Crippen LogP contribution in [0.5, 0.6) is 0 Å². The molecule has 15 heavy (non-hydrogen) atoms. The van der Waals surface area contributed by atoms with Gasteiger partial charge in [-0.05, 0) is 11.6 Å². The van der Waals surface area contributed by atoms with E-state index in [0.29, 0.717) is 0 Å². The minimum Gasteiger partial charge on any atom is -0.545 e. The zero-order valence-corrected chi connectivity index (χ0v) is 15.2. The normalized spacial score (nSPS) is 8.33. The predicted octanol–water partition coefficient (Wildman–Crippen LogP) is -6.92. The van der Waals surface area contributed by atoms with Crippen molar-refractivity contribution in [3.05, 3.63) is 34.3 Å². The molecule has 0 saturated carbocycles. The molecule has 1 rings (SSSR count). The van der Waals surface area contributed by atoms with Crippen LogP contribution in [0, 0.1) is 0 Å². The van der Waals surface area contributed by atoms with Gasteiger partial charge in [0.05, 0.1) is 17.0 Å². The molecule has 0 fully saturated rings. The molecule has 7 heteroatoms. The summed E-state index contributed by atoms with van der Waals surface area (Å²) < 4.78 is 0. The van der Waals surface area contributed by atoms with Gasteiger partial charge in [0.15, 0.2) is 0 Å². The SMILES string of the molecule is O=C([O-])c1ccc(C(=O)[O-])c(Cl)c1.[K+].[K+]. The Balaban J connectivity index is 0. The molecule has 0 heterocycles. The summed E-state index contributed by atoms with van der Waals surface area (Å²) in [4.78, 5) is 20.6. The van der Waals surface area contributed by atoms with E-state index in [4.69, 9.17) is 11.6 Å². The second-order valence-electron chi connectivity index (χ2n) is 2.27. The molecule has 1 aromatic carbocycles. The van der Waals surface area contributed by atoms with E-state index in [9.17, 15) is 19.8 Å². The molecule has 68 valence electrons. The Labute approximate surface area is 176 Å². The van der Waals surface area contributed by atoms with Crippen molar-refractivity contribution in [2.24, 2.45) is 0 Å². The van der Waals surface area contributed by atoms with Crippen molar-refractivity contribution < 1.29 is 123 Å². The Morgan fingerprint density at radius 1 is 1.07 bits per heavy atom. The van der Waals surface area contributed by atoms with Gasteiger partial charge < -0.3 is 19.8 Å². The van der Waals surface area contributed by atoms with Crippen LogP contribution in [0.25, 0.3) is 0 Å². The Morgan fingerprint density at radius 2 is 1.60 bits per heavy atom. The third-order valence-corrected chi connectivity index (χ3v) is 1.74. The molecule has 1 aromatic rings. The van der Waals surface area contributed by atoms with Gasteiger partial charge in [-0.25, -0.2) is 0 Å². The van der Waals surface area contributed by atoms with E-state index in [1.165, 1.54) is 0 Å². The Hall–Kier alpha value is 1.72. The van der Waals surface area contributed by atoms with Crippen LogP contribution in [0.3, 0.4) is 0 Å². The minimum absolute atomic E-state index is 0. The van der Waals surface area contributed by atoms with Gasteiger partial charge in [-0.3, -0.25) is 0 Å². The molecule has 0 aliphatic carbocycles. The summed E-state index contributed by atoms with van der Waals surface area (Å²) in [6.07, 6.45) is 0. The third kappa shape index (κ3) is 5.73. The van der Waals surface area contributed by atoms with Crippen molar-refractivity contribution in [2.75, 3.05) is 0 Å². The summed E-state index contributed by atoms with van der Waals surface area (Å²) in [6.45, 7) is 0. The zero-order chi connectivity index (χ0) is 10.0. The summed E-state index contributed by atoms with van der Waals surface area (Å²) in [5.41, 5.74) is -0.415. The number of carbonyl (C=O) groups is 2. The minimum atomic E-state index is -1.45. The molecule has 0 amide bonds. The number of carboxylic acid groups (broad SMARTS) is 2. The fourth-order valence-corrected chi connectivity index (χ4v) is 1.07. The average molecular weight is 277 g/mol. The first-order chi connectivity index (χ1) is 6.02. The van der Waals surface area contributed by atoms with Crippen molar-refractivity contribution in [2.45, 2.75) is 0 Å². The number of rotatable bonds is 2. The molecule has 0 N–H and O–H groups in total. The zero-order valence-electron chi connectivity index (χ0n) is 8.24. The number of carbonyl (C=O) groups excluding carboxylic acids is 2. The first-order valence-electron chi connectivity index (χ1n) is 3.24. The standard InChI is InChI=1S/C8H5ClO4.2K/c9-6-3-4(7(10)11)1-2-5(6)8(12)13;;/h1-3H,(H,10,11)(H,12,13);;/q;2*+1/p-2. The monoisotopic (exact) mass is 276 g/mol. The molecule has 0 saturated heterocycles. The summed E-state index contributed by atoms with van der Waals surface area (Å²) in [5, 5.41) is 20.5. The molecule has 0 aromatic heterocycles. The second kappa shape index (κ2) is 8.76. The van der Waals surface area contributed by atoms with Gasteiger partial charge in [0, 0.05) is 5.56 Å². The van der Waals surface area contributed by atoms with Crippen LogP contribution in [-0.2, 0) is 0 Å². The van der Waals surface area contributed by atoms with Gasteiger partial charge in [-0.1, -0.05) is 23.7 Å². The van der Waals surface area contributed by atoms with Gasteiger partial charge in [0.25, 0.3) is 0 Å².